The van der Waals surface area contributed by atoms with Crippen LogP contribution in [0.15, 0.2) is 12.1 Å². The highest BCUT2D eigenvalue weighted by molar-refractivity contribution is 6.32. The lowest BCUT2D eigenvalue weighted by Gasteiger charge is -2.13. The van der Waals surface area contributed by atoms with Crippen LogP contribution in [0, 0.1) is 0 Å². The van der Waals surface area contributed by atoms with Gasteiger partial charge in [0.15, 0.2) is 0 Å². The highest BCUT2D eigenvalue weighted by Gasteiger charge is 2.13. The average Bonchev–Trinajstić information content (AvgIpc) is 2.28. The number of rotatable bonds is 6. The molecule has 0 unspecified atom stereocenters. The maximum absolute atomic E-state index is 12.2. The van der Waals surface area contributed by atoms with Crippen LogP contribution in [0.4, 0.5) is 8.78 Å². The highest BCUT2D eigenvalue weighted by atomic mass is 35.5. The number of alkyl halides is 3. The molecule has 0 saturated carbocycles. The van der Waals surface area contributed by atoms with E-state index in [2.05, 4.69) is 4.74 Å². The summed E-state index contributed by atoms with van der Waals surface area (Å²) < 4.78 is 34.0. The van der Waals surface area contributed by atoms with Crippen molar-refractivity contribution in [1.29, 1.82) is 0 Å². The summed E-state index contributed by atoms with van der Waals surface area (Å²) in [6.45, 7) is -0.525. The minimum atomic E-state index is -2.91. The van der Waals surface area contributed by atoms with Gasteiger partial charge in [0.25, 0.3) is 0 Å². The van der Waals surface area contributed by atoms with E-state index in [9.17, 15) is 8.78 Å². The first-order valence-electron chi connectivity index (χ1n) is 5.04. The van der Waals surface area contributed by atoms with Crippen LogP contribution in [0.2, 0.25) is 5.02 Å². The number of benzene rings is 1. The molecule has 17 heavy (non-hydrogen) atoms. The minimum Gasteiger partial charge on any atom is -0.492 e. The van der Waals surface area contributed by atoms with E-state index in [4.69, 9.17) is 27.9 Å². The predicted molar refractivity (Wildman–Crippen MR) is 63.4 cm³/mol. The Labute approximate surface area is 108 Å². The molecule has 0 aliphatic carbocycles. The summed E-state index contributed by atoms with van der Waals surface area (Å²) in [5, 5.41) is 0.329. The third-order valence-corrected chi connectivity index (χ3v) is 2.52. The fourth-order valence-corrected chi connectivity index (χ4v) is 1.66. The van der Waals surface area contributed by atoms with Gasteiger partial charge >= 0.3 is 6.61 Å². The van der Waals surface area contributed by atoms with Crippen LogP contribution in [0.25, 0.3) is 0 Å². The van der Waals surface area contributed by atoms with Gasteiger partial charge in [-0.2, -0.15) is 8.78 Å². The Kier molecular flexibility index (Phi) is 5.78. The molecule has 1 aromatic carbocycles. The van der Waals surface area contributed by atoms with Crippen molar-refractivity contribution in [2.45, 2.75) is 25.8 Å². The zero-order valence-corrected chi connectivity index (χ0v) is 10.7. The number of ether oxygens (including phenoxy) is 2. The molecule has 0 aliphatic rings. The van der Waals surface area contributed by atoms with Crippen LogP contribution in [-0.2, 0) is 5.88 Å². The average molecular weight is 285 g/mol. The van der Waals surface area contributed by atoms with E-state index in [-0.39, 0.29) is 11.6 Å². The van der Waals surface area contributed by atoms with Crippen molar-refractivity contribution in [2.75, 3.05) is 6.61 Å². The molecular formula is C11H12Cl2F2O2. The van der Waals surface area contributed by atoms with Crippen LogP contribution in [0.1, 0.15) is 18.9 Å². The quantitative estimate of drug-likeness (QED) is 0.718. The lowest BCUT2D eigenvalue weighted by atomic mass is 10.2. The number of halogens is 4. The fraction of sp³-hybridized carbons (Fsp3) is 0.455. The first-order chi connectivity index (χ1) is 8.08. The Morgan fingerprint density at radius 3 is 2.53 bits per heavy atom. The van der Waals surface area contributed by atoms with Gasteiger partial charge in [-0.3, -0.25) is 0 Å². The Balaban J connectivity index is 2.99. The second kappa shape index (κ2) is 6.87. The van der Waals surface area contributed by atoms with Gasteiger partial charge in [0.1, 0.15) is 11.5 Å². The van der Waals surface area contributed by atoms with Gasteiger partial charge in [0.05, 0.1) is 17.5 Å². The van der Waals surface area contributed by atoms with E-state index in [1.807, 2.05) is 6.92 Å². The summed E-state index contributed by atoms with van der Waals surface area (Å²) in [5.41, 5.74) is 0.404. The molecule has 1 rings (SSSR count). The summed E-state index contributed by atoms with van der Waals surface area (Å²) in [6.07, 6.45) is 0.790. The van der Waals surface area contributed by atoms with E-state index in [1.165, 1.54) is 12.1 Å². The summed E-state index contributed by atoms with van der Waals surface area (Å²) >= 11 is 11.5. The predicted octanol–water partition coefficient (Wildman–Crippen LogP) is 4.47. The lowest BCUT2D eigenvalue weighted by Crippen LogP contribution is -2.05. The smallest absolute Gasteiger partial charge is 0.387 e. The zero-order chi connectivity index (χ0) is 12.8. The molecule has 0 aliphatic heterocycles. The first kappa shape index (κ1) is 14.3. The van der Waals surface area contributed by atoms with Crippen LogP contribution in [-0.4, -0.2) is 13.2 Å². The van der Waals surface area contributed by atoms with E-state index >= 15 is 0 Å². The Morgan fingerprint density at radius 1 is 1.29 bits per heavy atom. The monoisotopic (exact) mass is 284 g/mol. The van der Waals surface area contributed by atoms with Gasteiger partial charge in [-0.25, -0.2) is 0 Å². The maximum Gasteiger partial charge on any atom is 0.387 e. The topological polar surface area (TPSA) is 18.5 Å². The van der Waals surface area contributed by atoms with E-state index in [1.54, 1.807) is 0 Å². The Morgan fingerprint density at radius 2 is 2.00 bits per heavy atom. The van der Waals surface area contributed by atoms with Gasteiger partial charge in [0, 0.05) is 11.6 Å². The molecule has 0 N–H and O–H groups in total. The fourth-order valence-electron chi connectivity index (χ4n) is 1.21. The SMILES string of the molecule is CCCOc1cc(OC(F)F)c(CCl)cc1Cl. The van der Waals surface area contributed by atoms with E-state index in [0.29, 0.717) is 22.9 Å². The highest BCUT2D eigenvalue weighted by Crippen LogP contribution is 2.34. The second-order valence-corrected chi connectivity index (χ2v) is 3.93. The molecule has 0 atom stereocenters. The second-order valence-electron chi connectivity index (χ2n) is 3.25. The largest absolute Gasteiger partial charge is 0.492 e. The lowest BCUT2D eigenvalue weighted by molar-refractivity contribution is -0.0504. The number of hydrogen-bond donors (Lipinski definition) is 0. The molecule has 96 valence electrons. The van der Waals surface area contributed by atoms with Crippen LogP contribution in [0.5, 0.6) is 11.5 Å². The van der Waals surface area contributed by atoms with E-state index in [0.717, 1.165) is 6.42 Å². The summed E-state index contributed by atoms with van der Waals surface area (Å²) in [5.74, 6) is 0.346. The third kappa shape index (κ3) is 4.21. The molecular weight excluding hydrogens is 273 g/mol. The maximum atomic E-state index is 12.2. The van der Waals surface area contributed by atoms with Gasteiger partial charge in [-0.1, -0.05) is 18.5 Å². The molecule has 1 aromatic rings. The molecule has 0 heterocycles. The number of hydrogen-bond acceptors (Lipinski definition) is 2. The standard InChI is InChI=1S/C11H12Cl2F2O2/c1-2-3-16-10-5-9(17-11(14)15)7(6-12)4-8(10)13/h4-5,11H,2-3,6H2,1H3. The van der Waals surface area contributed by atoms with Gasteiger partial charge < -0.3 is 9.47 Å². The molecule has 0 bridgehead atoms. The Bertz CT molecular complexity index is 373. The van der Waals surface area contributed by atoms with Crippen molar-refractivity contribution in [1.82, 2.24) is 0 Å². The van der Waals surface area contributed by atoms with Crippen molar-refractivity contribution >= 4 is 23.2 Å². The van der Waals surface area contributed by atoms with Gasteiger partial charge in [-0.15, -0.1) is 11.6 Å². The van der Waals surface area contributed by atoms with Crippen molar-refractivity contribution in [3.05, 3.63) is 22.7 Å². The summed E-state index contributed by atoms with van der Waals surface area (Å²) in [6, 6.07) is 2.80. The minimum absolute atomic E-state index is 0.00879. The van der Waals surface area contributed by atoms with Crippen molar-refractivity contribution < 1.29 is 18.3 Å². The zero-order valence-electron chi connectivity index (χ0n) is 9.18. The van der Waals surface area contributed by atoms with E-state index < -0.39 is 6.61 Å². The molecule has 0 radical (unpaired) electrons. The van der Waals surface area contributed by atoms with Crippen LogP contribution >= 0.6 is 23.2 Å². The van der Waals surface area contributed by atoms with Crippen molar-refractivity contribution in [3.63, 3.8) is 0 Å². The normalized spacial score (nSPS) is 10.7. The first-order valence-corrected chi connectivity index (χ1v) is 5.95. The molecule has 6 heteroatoms. The molecule has 2 nitrogen and oxygen atoms in total. The van der Waals surface area contributed by atoms with Crippen molar-refractivity contribution in [2.24, 2.45) is 0 Å². The molecule has 0 amide bonds. The van der Waals surface area contributed by atoms with Crippen molar-refractivity contribution in [3.8, 4) is 11.5 Å². The van der Waals surface area contributed by atoms with Gasteiger partial charge in [0.2, 0.25) is 0 Å². The molecule has 0 aromatic heterocycles. The summed E-state index contributed by atoms with van der Waals surface area (Å²) in [7, 11) is 0. The van der Waals surface area contributed by atoms with Gasteiger partial charge in [-0.05, 0) is 12.5 Å². The van der Waals surface area contributed by atoms with Crippen LogP contribution in [0.3, 0.4) is 0 Å². The summed E-state index contributed by atoms with van der Waals surface area (Å²) in [4.78, 5) is 0. The molecule has 0 saturated heterocycles. The van der Waals surface area contributed by atoms with Crippen LogP contribution < -0.4 is 9.47 Å². The molecule has 0 spiro atoms. The Hall–Kier alpha value is -0.740. The molecule has 0 fully saturated rings. The third-order valence-electron chi connectivity index (χ3n) is 1.94.